The van der Waals surface area contributed by atoms with Gasteiger partial charge < -0.3 is 14.2 Å². The summed E-state index contributed by atoms with van der Waals surface area (Å²) in [6.07, 6.45) is 5.06. The maximum atomic E-state index is 6.62. The number of nitrogens with zero attached hydrogens (tertiary/aromatic N) is 2. The zero-order valence-corrected chi connectivity index (χ0v) is 23.7. The Hall–Kier alpha value is -2.51. The van der Waals surface area contributed by atoms with E-state index in [9.17, 15) is 0 Å². The van der Waals surface area contributed by atoms with E-state index < -0.39 is 6.23 Å². The van der Waals surface area contributed by atoms with Gasteiger partial charge in [-0.25, -0.2) is 5.01 Å². The first-order valence-electron chi connectivity index (χ1n) is 12.5. The van der Waals surface area contributed by atoms with Crippen molar-refractivity contribution >= 4 is 37.6 Å². The zero-order chi connectivity index (χ0) is 25.1. The molecule has 3 aromatic rings. The van der Waals surface area contributed by atoms with Gasteiger partial charge in [0.05, 0.1) is 29.9 Å². The van der Waals surface area contributed by atoms with Crippen LogP contribution in [0, 0.1) is 0 Å². The molecule has 5 rings (SSSR count). The molecule has 0 unspecified atom stereocenters. The lowest BCUT2D eigenvalue weighted by molar-refractivity contribution is -0.0198. The van der Waals surface area contributed by atoms with Crippen molar-refractivity contribution in [3.05, 3.63) is 86.3 Å². The number of halogens is 2. The fourth-order valence-electron chi connectivity index (χ4n) is 4.81. The molecule has 5 nitrogen and oxygen atoms in total. The normalized spacial score (nSPS) is 18.2. The summed E-state index contributed by atoms with van der Waals surface area (Å²) in [5.74, 6) is 2.31. The van der Waals surface area contributed by atoms with Gasteiger partial charge in [-0.05, 0) is 58.2 Å². The van der Waals surface area contributed by atoms with E-state index in [-0.39, 0.29) is 6.04 Å². The van der Waals surface area contributed by atoms with Crippen LogP contribution < -0.4 is 14.2 Å². The summed E-state index contributed by atoms with van der Waals surface area (Å²) in [4.78, 5) is 0. The van der Waals surface area contributed by atoms with E-state index >= 15 is 0 Å². The van der Waals surface area contributed by atoms with E-state index in [0.717, 1.165) is 55.7 Å². The fourth-order valence-corrected chi connectivity index (χ4v) is 6.16. The summed E-state index contributed by atoms with van der Waals surface area (Å²) in [6.45, 7) is 2.90. The molecule has 0 saturated carbocycles. The molecular weight excluding hydrogens is 584 g/mol. The highest BCUT2D eigenvalue weighted by Gasteiger charge is 2.42. The molecule has 3 aromatic carbocycles. The average Bonchev–Trinajstić information content (AvgIpc) is 3.35. The van der Waals surface area contributed by atoms with Gasteiger partial charge in [-0.2, -0.15) is 5.10 Å². The Kier molecular flexibility index (Phi) is 7.87. The molecule has 0 aliphatic carbocycles. The minimum atomic E-state index is -0.395. The quantitative estimate of drug-likeness (QED) is 0.227. The minimum Gasteiger partial charge on any atom is -0.493 e. The third-order valence-electron chi connectivity index (χ3n) is 6.64. The predicted octanol–water partition coefficient (Wildman–Crippen LogP) is 8.42. The number of hydrogen-bond donors (Lipinski definition) is 0. The lowest BCUT2D eigenvalue weighted by atomic mass is 9.96. The molecule has 188 valence electrons. The van der Waals surface area contributed by atoms with E-state index in [1.807, 2.05) is 24.3 Å². The van der Waals surface area contributed by atoms with E-state index in [1.54, 1.807) is 7.11 Å². The Balaban J connectivity index is 1.48. The highest BCUT2D eigenvalue weighted by molar-refractivity contribution is 9.11. The van der Waals surface area contributed by atoms with Gasteiger partial charge in [-0.15, -0.1) is 0 Å². The van der Waals surface area contributed by atoms with Gasteiger partial charge in [-0.3, -0.25) is 0 Å². The zero-order valence-electron chi connectivity index (χ0n) is 20.5. The number of hydrazone groups is 1. The summed E-state index contributed by atoms with van der Waals surface area (Å²) in [5, 5.41) is 7.16. The summed E-state index contributed by atoms with van der Waals surface area (Å²) < 4.78 is 20.3. The highest BCUT2D eigenvalue weighted by Crippen LogP contribution is 2.51. The molecule has 2 aliphatic rings. The number of benzene rings is 3. The Morgan fingerprint density at radius 1 is 1.00 bits per heavy atom. The Morgan fingerprint density at radius 2 is 1.83 bits per heavy atom. The van der Waals surface area contributed by atoms with Crippen LogP contribution >= 0.6 is 31.9 Å². The molecule has 0 fully saturated rings. The number of hydrogen-bond acceptors (Lipinski definition) is 5. The minimum absolute atomic E-state index is 0.0586. The summed E-state index contributed by atoms with van der Waals surface area (Å²) >= 11 is 7.37. The van der Waals surface area contributed by atoms with Crippen LogP contribution in [0.15, 0.2) is 74.7 Å². The third kappa shape index (κ3) is 5.14. The molecule has 2 aliphatic heterocycles. The molecule has 2 heterocycles. The molecule has 0 aromatic heterocycles. The maximum Gasteiger partial charge on any atom is 0.214 e. The first-order chi connectivity index (χ1) is 17.6. The number of rotatable bonds is 9. The Morgan fingerprint density at radius 3 is 2.61 bits per heavy atom. The molecule has 2 atom stereocenters. The van der Waals surface area contributed by atoms with Crippen LogP contribution in [-0.4, -0.2) is 24.4 Å². The van der Waals surface area contributed by atoms with E-state index in [4.69, 9.17) is 19.3 Å². The summed E-state index contributed by atoms with van der Waals surface area (Å²) in [5.41, 5.74) is 4.26. The smallest absolute Gasteiger partial charge is 0.214 e. The second-order valence-corrected chi connectivity index (χ2v) is 10.9. The van der Waals surface area contributed by atoms with Crippen LogP contribution in [0.3, 0.4) is 0 Å². The lowest BCUT2D eigenvalue weighted by Crippen LogP contribution is -2.34. The summed E-state index contributed by atoms with van der Waals surface area (Å²) in [7, 11) is 1.68. The predicted molar refractivity (Wildman–Crippen MR) is 150 cm³/mol. The SMILES string of the molecule is CCCCCCOc1ccc([C@@H]2Oc3c(Br)cc(Br)cc3[C@@H]3CC(c4ccccc4)=NN32)cc1OC. The van der Waals surface area contributed by atoms with Crippen molar-refractivity contribution in [3.63, 3.8) is 0 Å². The molecule has 0 N–H and O–H groups in total. The van der Waals surface area contributed by atoms with Crippen LogP contribution in [0.4, 0.5) is 0 Å². The van der Waals surface area contributed by atoms with Crippen molar-refractivity contribution in [2.45, 2.75) is 51.3 Å². The van der Waals surface area contributed by atoms with E-state index in [2.05, 4.69) is 80.2 Å². The van der Waals surface area contributed by atoms with Gasteiger partial charge >= 0.3 is 0 Å². The molecule has 0 bridgehead atoms. The summed E-state index contributed by atoms with van der Waals surface area (Å²) in [6, 6.07) is 20.6. The van der Waals surface area contributed by atoms with E-state index in [0.29, 0.717) is 12.4 Å². The molecule has 0 saturated heterocycles. The van der Waals surface area contributed by atoms with Crippen LogP contribution in [0.1, 0.15) is 68.0 Å². The largest absolute Gasteiger partial charge is 0.493 e. The second kappa shape index (κ2) is 11.3. The van der Waals surface area contributed by atoms with Crippen LogP contribution in [0.25, 0.3) is 0 Å². The second-order valence-electron chi connectivity index (χ2n) is 9.11. The molecule has 0 spiro atoms. The molecular formula is C29H30Br2N2O3. The monoisotopic (exact) mass is 612 g/mol. The molecule has 0 amide bonds. The van der Waals surface area contributed by atoms with Gasteiger partial charge in [0, 0.05) is 22.0 Å². The topological polar surface area (TPSA) is 43.3 Å². The van der Waals surface area contributed by atoms with Gasteiger partial charge in [0.2, 0.25) is 6.23 Å². The van der Waals surface area contributed by atoms with Crippen molar-refractivity contribution in [2.24, 2.45) is 5.10 Å². The number of fused-ring (bicyclic) bond motifs is 3. The Labute approximate surface area is 229 Å². The third-order valence-corrected chi connectivity index (χ3v) is 7.69. The van der Waals surface area contributed by atoms with Gasteiger partial charge in [0.1, 0.15) is 5.75 Å². The molecule has 36 heavy (non-hydrogen) atoms. The first-order valence-corrected chi connectivity index (χ1v) is 14.0. The van der Waals surface area contributed by atoms with Gasteiger partial charge in [-0.1, -0.05) is 72.4 Å². The molecule has 0 radical (unpaired) electrons. The molecule has 7 heteroatoms. The number of methoxy groups -OCH3 is 1. The van der Waals surface area contributed by atoms with Crippen LogP contribution in [0.5, 0.6) is 17.2 Å². The standard InChI is InChI=1S/C29H30Br2N2O3/c1-3-4-5-9-14-35-26-13-12-20(15-27(26)34-2)29-33-25(18-24(32-33)19-10-7-6-8-11-19)22-16-21(30)17-23(31)28(22)36-29/h6-8,10-13,15-17,25,29H,3-5,9,14,18H2,1-2H3/t25-,29-/m0/s1. The van der Waals surface area contributed by atoms with Crippen molar-refractivity contribution in [3.8, 4) is 17.2 Å². The first kappa shape index (κ1) is 25.2. The lowest BCUT2D eigenvalue weighted by Gasteiger charge is -2.38. The maximum absolute atomic E-state index is 6.62. The van der Waals surface area contributed by atoms with Crippen molar-refractivity contribution in [1.29, 1.82) is 0 Å². The van der Waals surface area contributed by atoms with Crippen LogP contribution in [-0.2, 0) is 0 Å². The fraction of sp³-hybridized carbons (Fsp3) is 0.345. The van der Waals surface area contributed by atoms with Gasteiger partial charge in [0.15, 0.2) is 11.5 Å². The Bertz CT molecular complexity index is 1250. The van der Waals surface area contributed by atoms with Crippen molar-refractivity contribution in [2.75, 3.05) is 13.7 Å². The number of unbranched alkanes of at least 4 members (excludes halogenated alkanes) is 3. The number of ether oxygens (including phenoxy) is 3. The highest BCUT2D eigenvalue weighted by atomic mass is 79.9. The van der Waals surface area contributed by atoms with Crippen LogP contribution in [0.2, 0.25) is 0 Å². The van der Waals surface area contributed by atoms with Gasteiger partial charge in [0.25, 0.3) is 0 Å². The van der Waals surface area contributed by atoms with E-state index in [1.165, 1.54) is 19.3 Å². The van der Waals surface area contributed by atoms with Crippen molar-refractivity contribution < 1.29 is 14.2 Å². The van der Waals surface area contributed by atoms with Crippen molar-refractivity contribution in [1.82, 2.24) is 5.01 Å². The average molecular weight is 614 g/mol.